The SMILES string of the molecule is Cc1nc(/C(=C\c2coc3ccc(F)cc3c2=O)c2ccc([N+](=O)[O-])cc2)no1. The fourth-order valence-electron chi connectivity index (χ4n) is 2.82. The van der Waals surface area contributed by atoms with Gasteiger partial charge in [0.2, 0.25) is 11.7 Å². The van der Waals surface area contributed by atoms with Gasteiger partial charge in [0.15, 0.2) is 5.43 Å². The number of nitro groups is 1. The topological polar surface area (TPSA) is 112 Å². The van der Waals surface area contributed by atoms with Gasteiger partial charge in [0.25, 0.3) is 5.69 Å². The smallest absolute Gasteiger partial charge is 0.269 e. The molecule has 0 bridgehead atoms. The van der Waals surface area contributed by atoms with Crippen LogP contribution in [0.3, 0.4) is 0 Å². The first-order valence-electron chi connectivity index (χ1n) is 8.40. The standard InChI is InChI=1S/C20H12FN3O5/c1-11-22-20(23-29-11)16(12-2-5-15(6-3-12)24(26)27)8-13-10-28-18-7-4-14(21)9-17(18)19(13)25/h2-10H,1H3/b16-8-. The van der Waals surface area contributed by atoms with E-state index in [-0.39, 0.29) is 28.0 Å². The minimum Gasteiger partial charge on any atom is -0.463 e. The molecule has 0 saturated carbocycles. The second kappa shape index (κ2) is 7.12. The molecule has 8 nitrogen and oxygen atoms in total. The molecule has 0 spiro atoms. The van der Waals surface area contributed by atoms with Crippen molar-refractivity contribution >= 4 is 28.3 Å². The van der Waals surface area contributed by atoms with Crippen LogP contribution in [0.15, 0.2) is 62.5 Å². The number of non-ortho nitro benzene ring substituents is 1. The van der Waals surface area contributed by atoms with Crippen molar-refractivity contribution in [1.82, 2.24) is 10.1 Å². The van der Waals surface area contributed by atoms with Crippen LogP contribution in [0.2, 0.25) is 0 Å². The Labute approximate surface area is 162 Å². The van der Waals surface area contributed by atoms with Crippen LogP contribution in [0.5, 0.6) is 0 Å². The highest BCUT2D eigenvalue weighted by Gasteiger charge is 2.16. The molecule has 0 N–H and O–H groups in total. The number of fused-ring (bicyclic) bond motifs is 1. The molecule has 9 heteroatoms. The number of aromatic nitrogens is 2. The van der Waals surface area contributed by atoms with Crippen LogP contribution in [0.1, 0.15) is 22.8 Å². The maximum atomic E-state index is 13.6. The first kappa shape index (κ1) is 18.2. The van der Waals surface area contributed by atoms with Crippen LogP contribution in [-0.2, 0) is 0 Å². The van der Waals surface area contributed by atoms with E-state index in [0.29, 0.717) is 17.0 Å². The van der Waals surface area contributed by atoms with E-state index in [4.69, 9.17) is 8.94 Å². The van der Waals surface area contributed by atoms with Gasteiger partial charge in [-0.2, -0.15) is 4.98 Å². The number of hydrogen-bond donors (Lipinski definition) is 0. The Morgan fingerprint density at radius 3 is 2.62 bits per heavy atom. The third-order valence-corrected chi connectivity index (χ3v) is 4.22. The molecule has 0 saturated heterocycles. The molecule has 0 unspecified atom stereocenters. The van der Waals surface area contributed by atoms with Crippen LogP contribution < -0.4 is 5.43 Å². The molecular formula is C20H12FN3O5. The average molecular weight is 393 g/mol. The minimum atomic E-state index is -0.560. The van der Waals surface area contributed by atoms with Crippen molar-refractivity contribution < 1.29 is 18.3 Å². The molecule has 0 aliphatic rings. The molecule has 0 radical (unpaired) electrons. The summed E-state index contributed by atoms with van der Waals surface area (Å²) in [4.78, 5) is 27.4. The first-order valence-corrected chi connectivity index (χ1v) is 8.40. The maximum absolute atomic E-state index is 13.6. The maximum Gasteiger partial charge on any atom is 0.269 e. The number of rotatable bonds is 4. The molecule has 0 aliphatic heterocycles. The largest absolute Gasteiger partial charge is 0.463 e. The van der Waals surface area contributed by atoms with Gasteiger partial charge in [-0.15, -0.1) is 0 Å². The second-order valence-electron chi connectivity index (χ2n) is 6.16. The number of aryl methyl sites for hydroxylation is 1. The van der Waals surface area contributed by atoms with Crippen molar-refractivity contribution in [3.63, 3.8) is 0 Å². The Kier molecular flexibility index (Phi) is 4.47. The Morgan fingerprint density at radius 1 is 1.21 bits per heavy atom. The Morgan fingerprint density at radius 2 is 1.97 bits per heavy atom. The van der Waals surface area contributed by atoms with Crippen LogP contribution in [0, 0.1) is 22.9 Å². The lowest BCUT2D eigenvalue weighted by atomic mass is 10.0. The van der Waals surface area contributed by atoms with Crippen molar-refractivity contribution in [3.05, 3.63) is 97.7 Å². The molecule has 0 amide bonds. The van der Waals surface area contributed by atoms with Crippen LogP contribution >= 0.6 is 0 Å². The van der Waals surface area contributed by atoms with E-state index in [1.165, 1.54) is 48.7 Å². The van der Waals surface area contributed by atoms with E-state index in [1.807, 2.05) is 0 Å². The molecule has 2 heterocycles. The highest BCUT2D eigenvalue weighted by molar-refractivity contribution is 5.90. The third-order valence-electron chi connectivity index (χ3n) is 4.22. The van der Waals surface area contributed by atoms with E-state index in [2.05, 4.69) is 10.1 Å². The van der Waals surface area contributed by atoms with Gasteiger partial charge >= 0.3 is 0 Å². The number of benzene rings is 2. The summed E-state index contributed by atoms with van der Waals surface area (Å²) >= 11 is 0. The molecular weight excluding hydrogens is 381 g/mol. The zero-order chi connectivity index (χ0) is 20.5. The first-order chi connectivity index (χ1) is 13.9. The zero-order valence-electron chi connectivity index (χ0n) is 15.0. The summed E-state index contributed by atoms with van der Waals surface area (Å²) in [5.41, 5.74) is 0.776. The van der Waals surface area contributed by atoms with Crippen LogP contribution in [0.25, 0.3) is 22.6 Å². The van der Waals surface area contributed by atoms with Gasteiger partial charge in [-0.1, -0.05) is 5.16 Å². The molecule has 0 aliphatic carbocycles. The number of nitrogens with zero attached hydrogens (tertiary/aromatic N) is 3. The monoisotopic (exact) mass is 393 g/mol. The summed E-state index contributed by atoms with van der Waals surface area (Å²) in [5, 5.41) is 14.9. The molecule has 144 valence electrons. The highest BCUT2D eigenvalue weighted by atomic mass is 19.1. The third kappa shape index (κ3) is 3.53. The molecule has 4 rings (SSSR count). The minimum absolute atomic E-state index is 0.0851. The van der Waals surface area contributed by atoms with E-state index in [1.54, 1.807) is 6.92 Å². The van der Waals surface area contributed by atoms with Crippen molar-refractivity contribution in [3.8, 4) is 0 Å². The summed E-state index contributed by atoms with van der Waals surface area (Å²) in [5.74, 6) is -0.0640. The lowest BCUT2D eigenvalue weighted by molar-refractivity contribution is -0.384. The van der Waals surface area contributed by atoms with Gasteiger partial charge in [-0.05, 0) is 42.0 Å². The normalized spacial score (nSPS) is 11.7. The molecule has 4 aromatic rings. The van der Waals surface area contributed by atoms with Gasteiger partial charge in [-0.3, -0.25) is 14.9 Å². The number of hydrogen-bond acceptors (Lipinski definition) is 7. The van der Waals surface area contributed by atoms with Crippen molar-refractivity contribution in [2.24, 2.45) is 0 Å². The summed E-state index contributed by atoms with van der Waals surface area (Å²) in [6.07, 6.45) is 2.72. The Bertz CT molecular complexity index is 1320. The molecule has 2 aromatic heterocycles. The molecule has 29 heavy (non-hydrogen) atoms. The lowest BCUT2D eigenvalue weighted by Crippen LogP contribution is -2.06. The molecule has 2 aromatic carbocycles. The Hall–Kier alpha value is -4.14. The van der Waals surface area contributed by atoms with Gasteiger partial charge < -0.3 is 8.94 Å². The van der Waals surface area contributed by atoms with E-state index >= 15 is 0 Å². The summed E-state index contributed by atoms with van der Waals surface area (Å²) in [6, 6.07) is 9.35. The summed E-state index contributed by atoms with van der Waals surface area (Å²) in [7, 11) is 0. The van der Waals surface area contributed by atoms with E-state index < -0.39 is 16.2 Å². The fourth-order valence-corrected chi connectivity index (χ4v) is 2.82. The Balaban J connectivity index is 1.90. The summed E-state index contributed by atoms with van der Waals surface area (Å²) in [6.45, 7) is 1.61. The van der Waals surface area contributed by atoms with Crippen molar-refractivity contribution in [2.45, 2.75) is 6.92 Å². The lowest BCUT2D eigenvalue weighted by Gasteiger charge is -2.05. The van der Waals surface area contributed by atoms with Gasteiger partial charge in [0, 0.05) is 24.6 Å². The number of halogens is 1. The van der Waals surface area contributed by atoms with E-state index in [0.717, 1.165) is 6.07 Å². The van der Waals surface area contributed by atoms with E-state index in [9.17, 15) is 19.3 Å². The van der Waals surface area contributed by atoms with Gasteiger partial charge in [0.1, 0.15) is 17.7 Å². The molecule has 0 fully saturated rings. The average Bonchev–Trinajstić information content (AvgIpc) is 3.14. The second-order valence-corrected chi connectivity index (χ2v) is 6.16. The van der Waals surface area contributed by atoms with Crippen LogP contribution in [0.4, 0.5) is 10.1 Å². The fraction of sp³-hybridized carbons (Fsp3) is 0.0500. The quantitative estimate of drug-likeness (QED) is 0.378. The van der Waals surface area contributed by atoms with Gasteiger partial charge in [0.05, 0.1) is 15.9 Å². The van der Waals surface area contributed by atoms with Crippen molar-refractivity contribution in [1.29, 1.82) is 0 Å². The zero-order valence-corrected chi connectivity index (χ0v) is 15.0. The predicted molar refractivity (Wildman–Crippen MR) is 102 cm³/mol. The number of nitro benzene ring substituents is 1. The predicted octanol–water partition coefficient (Wildman–Crippen LogP) is 4.12. The molecule has 0 atom stereocenters. The van der Waals surface area contributed by atoms with Crippen LogP contribution in [-0.4, -0.2) is 15.1 Å². The highest BCUT2D eigenvalue weighted by Crippen LogP contribution is 2.26. The van der Waals surface area contributed by atoms with Gasteiger partial charge in [-0.25, -0.2) is 4.39 Å². The summed E-state index contributed by atoms with van der Waals surface area (Å²) < 4.78 is 24.0. The van der Waals surface area contributed by atoms with Crippen molar-refractivity contribution in [2.75, 3.05) is 0 Å².